The predicted molar refractivity (Wildman–Crippen MR) is 46.7 cm³/mol. The summed E-state index contributed by atoms with van der Waals surface area (Å²) < 4.78 is 74.0. The maximum atomic E-state index is 13.1. The zero-order valence-corrected chi connectivity index (χ0v) is 7.58. The molecule has 1 aromatic rings. The molecular weight excluding hydrogens is 234 g/mol. The lowest BCUT2D eigenvalue weighted by atomic mass is 10.1. The summed E-state index contributed by atoms with van der Waals surface area (Å²) in [4.78, 5) is 0. The molecule has 0 spiro atoms. The van der Waals surface area contributed by atoms with Gasteiger partial charge in [0.25, 0.3) is 6.08 Å². The summed E-state index contributed by atoms with van der Waals surface area (Å²) in [5.74, 6) is -5.00. The SMILES string of the molecule is FC=C(F)c1ccc(C=C(F)F)c(F)c1F. The van der Waals surface area contributed by atoms with Crippen molar-refractivity contribution in [2.45, 2.75) is 0 Å². The van der Waals surface area contributed by atoms with Gasteiger partial charge < -0.3 is 0 Å². The van der Waals surface area contributed by atoms with Crippen molar-refractivity contribution in [1.82, 2.24) is 0 Å². The van der Waals surface area contributed by atoms with Crippen molar-refractivity contribution in [2.24, 2.45) is 0 Å². The summed E-state index contributed by atoms with van der Waals surface area (Å²) >= 11 is 0. The first-order chi connectivity index (χ1) is 7.47. The monoisotopic (exact) mass is 238 g/mol. The van der Waals surface area contributed by atoms with E-state index in [0.29, 0.717) is 6.07 Å². The molecule has 6 heteroatoms. The van der Waals surface area contributed by atoms with Gasteiger partial charge >= 0.3 is 0 Å². The Morgan fingerprint density at radius 1 is 1.00 bits per heavy atom. The summed E-state index contributed by atoms with van der Waals surface area (Å²) in [5, 5.41) is 0. The first kappa shape index (κ1) is 12.4. The van der Waals surface area contributed by atoms with E-state index < -0.39 is 41.0 Å². The van der Waals surface area contributed by atoms with Gasteiger partial charge in [0.1, 0.15) is 6.33 Å². The maximum Gasteiger partial charge on any atom is 0.271 e. The molecule has 0 aliphatic rings. The fourth-order valence-electron chi connectivity index (χ4n) is 1.04. The number of benzene rings is 1. The summed E-state index contributed by atoms with van der Waals surface area (Å²) in [6.45, 7) is 0. The molecule has 0 N–H and O–H groups in total. The van der Waals surface area contributed by atoms with E-state index in [9.17, 15) is 26.3 Å². The molecule has 1 aromatic carbocycles. The van der Waals surface area contributed by atoms with Crippen LogP contribution in [0.25, 0.3) is 11.9 Å². The van der Waals surface area contributed by atoms with E-state index in [-0.39, 0.29) is 6.08 Å². The number of hydrogen-bond acceptors (Lipinski definition) is 0. The van der Waals surface area contributed by atoms with Gasteiger partial charge in [-0.15, -0.1) is 0 Å². The second-order valence-corrected chi connectivity index (χ2v) is 2.72. The van der Waals surface area contributed by atoms with E-state index in [1.165, 1.54) is 0 Å². The molecule has 0 aliphatic heterocycles. The van der Waals surface area contributed by atoms with Gasteiger partial charge in [-0.3, -0.25) is 0 Å². The molecule has 0 bridgehead atoms. The third kappa shape index (κ3) is 2.44. The molecule has 0 unspecified atom stereocenters. The van der Waals surface area contributed by atoms with E-state index in [0.717, 1.165) is 6.07 Å². The van der Waals surface area contributed by atoms with Crippen molar-refractivity contribution in [2.75, 3.05) is 0 Å². The Morgan fingerprint density at radius 3 is 2.12 bits per heavy atom. The largest absolute Gasteiger partial charge is 0.271 e. The van der Waals surface area contributed by atoms with Crippen molar-refractivity contribution in [3.05, 3.63) is 47.3 Å². The number of rotatable bonds is 2. The molecule has 16 heavy (non-hydrogen) atoms. The Labute approximate surface area is 86.5 Å². The van der Waals surface area contributed by atoms with Crippen LogP contribution in [0.4, 0.5) is 26.3 Å². The first-order valence-corrected chi connectivity index (χ1v) is 3.94. The molecule has 0 aromatic heterocycles. The summed E-state index contributed by atoms with van der Waals surface area (Å²) in [6, 6.07) is 1.38. The van der Waals surface area contributed by atoms with Crippen LogP contribution in [0.2, 0.25) is 0 Å². The van der Waals surface area contributed by atoms with Gasteiger partial charge in [0.05, 0.1) is 5.56 Å². The van der Waals surface area contributed by atoms with Crippen molar-refractivity contribution >= 4 is 11.9 Å². The summed E-state index contributed by atoms with van der Waals surface area (Å²) in [7, 11) is 0. The van der Waals surface area contributed by atoms with Crippen LogP contribution in [-0.2, 0) is 0 Å². The zero-order chi connectivity index (χ0) is 12.3. The highest BCUT2D eigenvalue weighted by molar-refractivity contribution is 5.62. The van der Waals surface area contributed by atoms with Crippen molar-refractivity contribution in [3.8, 4) is 0 Å². The van der Waals surface area contributed by atoms with Crippen LogP contribution < -0.4 is 0 Å². The molecule has 1 rings (SSSR count). The number of hydrogen-bond donors (Lipinski definition) is 0. The third-order valence-electron chi connectivity index (χ3n) is 1.73. The minimum Gasteiger partial charge on any atom is -0.212 e. The highest BCUT2D eigenvalue weighted by atomic mass is 19.3. The molecule has 0 heterocycles. The standard InChI is InChI=1S/C10H4F6/c11-4-7(12)6-2-1-5(3-8(13)14)9(15)10(6)16/h1-4H. The minimum atomic E-state index is -2.23. The molecule has 86 valence electrons. The van der Waals surface area contributed by atoms with Crippen molar-refractivity contribution in [3.63, 3.8) is 0 Å². The van der Waals surface area contributed by atoms with Crippen LogP contribution in [0.1, 0.15) is 11.1 Å². The van der Waals surface area contributed by atoms with Crippen LogP contribution >= 0.6 is 0 Å². The topological polar surface area (TPSA) is 0 Å². The first-order valence-electron chi connectivity index (χ1n) is 3.94. The normalized spacial score (nSPS) is 11.5. The van der Waals surface area contributed by atoms with Crippen LogP contribution in [0.5, 0.6) is 0 Å². The predicted octanol–water partition coefficient (Wildman–Crippen LogP) is 4.44. The molecule has 0 saturated heterocycles. The average Bonchev–Trinajstić information content (AvgIpc) is 2.23. The van der Waals surface area contributed by atoms with Crippen LogP contribution in [0, 0.1) is 11.6 Å². The van der Waals surface area contributed by atoms with Gasteiger partial charge in [0.2, 0.25) is 0 Å². The van der Waals surface area contributed by atoms with Gasteiger partial charge in [0, 0.05) is 11.6 Å². The third-order valence-corrected chi connectivity index (χ3v) is 1.73. The van der Waals surface area contributed by atoms with Crippen molar-refractivity contribution in [1.29, 1.82) is 0 Å². The maximum absolute atomic E-state index is 13.1. The van der Waals surface area contributed by atoms with Gasteiger partial charge in [0.15, 0.2) is 17.5 Å². The minimum absolute atomic E-state index is 0.0826. The highest BCUT2D eigenvalue weighted by Crippen LogP contribution is 2.25. The molecule has 0 radical (unpaired) electrons. The number of halogens is 6. The fraction of sp³-hybridized carbons (Fsp3) is 0. The Morgan fingerprint density at radius 2 is 1.62 bits per heavy atom. The summed E-state index contributed by atoms with van der Waals surface area (Å²) in [6.07, 6.45) is -2.70. The summed E-state index contributed by atoms with van der Waals surface area (Å²) in [5.41, 5.74) is -1.70. The van der Waals surface area contributed by atoms with E-state index in [2.05, 4.69) is 0 Å². The molecular formula is C10H4F6. The Balaban J connectivity index is 3.35. The molecule has 0 aliphatic carbocycles. The average molecular weight is 238 g/mol. The van der Waals surface area contributed by atoms with E-state index in [1.54, 1.807) is 0 Å². The molecule has 0 amide bonds. The van der Waals surface area contributed by atoms with Gasteiger partial charge in [-0.25, -0.2) is 17.6 Å². The molecule has 0 atom stereocenters. The fourth-order valence-corrected chi connectivity index (χ4v) is 1.04. The second kappa shape index (κ2) is 4.87. The van der Waals surface area contributed by atoms with Gasteiger partial charge in [-0.1, -0.05) is 6.07 Å². The Kier molecular flexibility index (Phi) is 3.76. The second-order valence-electron chi connectivity index (χ2n) is 2.72. The lowest BCUT2D eigenvalue weighted by Gasteiger charge is -2.03. The van der Waals surface area contributed by atoms with Gasteiger partial charge in [-0.05, 0) is 6.07 Å². The lowest BCUT2D eigenvalue weighted by molar-refractivity contribution is 0.428. The van der Waals surface area contributed by atoms with Crippen LogP contribution in [0.3, 0.4) is 0 Å². The van der Waals surface area contributed by atoms with E-state index in [1.807, 2.05) is 0 Å². The molecule has 0 fully saturated rings. The lowest BCUT2D eigenvalue weighted by Crippen LogP contribution is -1.94. The zero-order valence-electron chi connectivity index (χ0n) is 7.58. The Hall–Kier alpha value is -1.72. The quantitative estimate of drug-likeness (QED) is 0.668. The Bertz CT molecular complexity index is 457. The smallest absolute Gasteiger partial charge is 0.212 e. The van der Waals surface area contributed by atoms with E-state index in [4.69, 9.17) is 0 Å². The van der Waals surface area contributed by atoms with Crippen LogP contribution in [0.15, 0.2) is 24.5 Å². The van der Waals surface area contributed by atoms with Gasteiger partial charge in [-0.2, -0.15) is 8.78 Å². The van der Waals surface area contributed by atoms with Crippen molar-refractivity contribution < 1.29 is 26.3 Å². The van der Waals surface area contributed by atoms with E-state index >= 15 is 0 Å². The molecule has 0 saturated carbocycles. The highest BCUT2D eigenvalue weighted by Gasteiger charge is 2.15. The van der Waals surface area contributed by atoms with Crippen LogP contribution in [-0.4, -0.2) is 0 Å². The molecule has 0 nitrogen and oxygen atoms in total.